The Morgan fingerprint density at radius 3 is 3.12 bits per heavy atom. The van der Waals surface area contributed by atoms with E-state index in [-0.39, 0.29) is 11.8 Å². The van der Waals surface area contributed by atoms with Gasteiger partial charge >= 0.3 is 0 Å². The number of carbonyl (C=O) groups excluding carboxylic acids is 1. The van der Waals surface area contributed by atoms with E-state index in [1.807, 2.05) is 25.1 Å². The van der Waals surface area contributed by atoms with E-state index in [0.29, 0.717) is 6.54 Å². The number of hydrogen-bond donors (Lipinski definition) is 1. The van der Waals surface area contributed by atoms with Gasteiger partial charge in [0.1, 0.15) is 10.8 Å². The number of aromatic nitrogens is 3. The molecule has 2 aromatic rings. The molecule has 0 aliphatic carbocycles. The van der Waals surface area contributed by atoms with E-state index in [2.05, 4.69) is 25.4 Å². The van der Waals surface area contributed by atoms with Gasteiger partial charge in [0, 0.05) is 31.6 Å². The number of thioether (sulfide) groups is 1. The number of rotatable bonds is 7. The molecule has 25 heavy (non-hydrogen) atoms. The van der Waals surface area contributed by atoms with Crippen LogP contribution in [0.2, 0.25) is 0 Å². The maximum atomic E-state index is 12.4. The van der Waals surface area contributed by atoms with Crippen LogP contribution in [0.25, 0.3) is 0 Å². The van der Waals surface area contributed by atoms with Gasteiger partial charge in [-0.15, -0.1) is 10.2 Å². The van der Waals surface area contributed by atoms with Crippen LogP contribution in [0.4, 0.5) is 5.82 Å². The van der Waals surface area contributed by atoms with Crippen LogP contribution in [0.3, 0.4) is 0 Å². The first-order valence-electron chi connectivity index (χ1n) is 8.59. The highest BCUT2D eigenvalue weighted by molar-refractivity contribution is 8.01. The van der Waals surface area contributed by atoms with Crippen molar-refractivity contribution in [2.45, 2.75) is 30.5 Å². The number of pyridine rings is 1. The summed E-state index contributed by atoms with van der Waals surface area (Å²) in [4.78, 5) is 19.0. The summed E-state index contributed by atoms with van der Waals surface area (Å²) >= 11 is 3.32. The monoisotopic (exact) mass is 377 g/mol. The van der Waals surface area contributed by atoms with Crippen molar-refractivity contribution in [2.24, 2.45) is 5.92 Å². The summed E-state index contributed by atoms with van der Waals surface area (Å²) in [6, 6.07) is 5.91. The summed E-state index contributed by atoms with van der Waals surface area (Å²) < 4.78 is 1.00. The number of piperidine rings is 1. The summed E-state index contributed by atoms with van der Waals surface area (Å²) in [6.45, 7) is 4.39. The van der Waals surface area contributed by atoms with E-state index in [1.165, 1.54) is 0 Å². The fourth-order valence-corrected chi connectivity index (χ4v) is 4.69. The van der Waals surface area contributed by atoms with Crippen molar-refractivity contribution in [2.75, 3.05) is 30.3 Å². The summed E-state index contributed by atoms with van der Waals surface area (Å²) in [5, 5.41) is 12.2. The highest BCUT2D eigenvalue weighted by Crippen LogP contribution is 2.23. The molecule has 0 radical (unpaired) electrons. The molecule has 0 unspecified atom stereocenters. The average Bonchev–Trinajstić information content (AvgIpc) is 3.07. The van der Waals surface area contributed by atoms with Gasteiger partial charge in [-0.05, 0) is 38.3 Å². The minimum Gasteiger partial charge on any atom is -0.356 e. The van der Waals surface area contributed by atoms with Gasteiger partial charge in [-0.25, -0.2) is 4.98 Å². The molecule has 6 nitrogen and oxygen atoms in total. The first-order chi connectivity index (χ1) is 12.2. The lowest BCUT2D eigenvalue weighted by Gasteiger charge is -2.32. The molecule has 1 N–H and O–H groups in total. The van der Waals surface area contributed by atoms with Gasteiger partial charge in [0.2, 0.25) is 5.91 Å². The van der Waals surface area contributed by atoms with E-state index in [9.17, 15) is 4.79 Å². The fraction of sp³-hybridized carbons (Fsp3) is 0.529. The minimum absolute atomic E-state index is 0.0502. The Morgan fingerprint density at radius 2 is 2.36 bits per heavy atom. The van der Waals surface area contributed by atoms with Crippen LogP contribution in [0, 0.1) is 12.8 Å². The van der Waals surface area contributed by atoms with Crippen molar-refractivity contribution >= 4 is 34.8 Å². The minimum atomic E-state index is 0.0502. The third-order valence-electron chi connectivity index (χ3n) is 4.12. The zero-order chi connectivity index (χ0) is 17.5. The number of aryl methyl sites for hydroxylation is 1. The Morgan fingerprint density at radius 1 is 1.44 bits per heavy atom. The molecule has 1 fully saturated rings. The van der Waals surface area contributed by atoms with Gasteiger partial charge < -0.3 is 10.2 Å². The topological polar surface area (TPSA) is 71.0 Å². The predicted octanol–water partition coefficient (Wildman–Crippen LogP) is 2.76. The van der Waals surface area contributed by atoms with Crippen molar-refractivity contribution in [1.29, 1.82) is 0 Å². The van der Waals surface area contributed by atoms with Gasteiger partial charge in [0.25, 0.3) is 0 Å². The molecule has 3 heterocycles. The lowest BCUT2D eigenvalue weighted by Crippen LogP contribution is -2.43. The second-order valence-electron chi connectivity index (χ2n) is 6.05. The summed E-state index contributed by atoms with van der Waals surface area (Å²) in [7, 11) is 0. The van der Waals surface area contributed by atoms with E-state index >= 15 is 0 Å². The molecular formula is C17H23N5OS2. The third-order valence-corrected chi connectivity index (χ3v) is 6.18. The predicted molar refractivity (Wildman–Crippen MR) is 102 cm³/mol. The Bertz CT molecular complexity index is 679. The number of nitrogens with zero attached hydrogens (tertiary/aromatic N) is 4. The molecule has 0 aromatic carbocycles. The van der Waals surface area contributed by atoms with Gasteiger partial charge in [-0.3, -0.25) is 4.79 Å². The molecule has 0 bridgehead atoms. The van der Waals surface area contributed by atoms with E-state index in [4.69, 9.17) is 0 Å². The Kier molecular flexibility index (Phi) is 6.63. The summed E-state index contributed by atoms with van der Waals surface area (Å²) in [5.41, 5.74) is 0. The molecule has 1 amide bonds. The number of carbonyl (C=O) groups is 1. The van der Waals surface area contributed by atoms with E-state index in [0.717, 1.165) is 53.3 Å². The highest BCUT2D eigenvalue weighted by atomic mass is 32.2. The number of hydrogen-bond acceptors (Lipinski definition) is 7. The molecule has 0 saturated carbocycles. The molecule has 1 aliphatic rings. The van der Waals surface area contributed by atoms with Crippen molar-refractivity contribution in [3.63, 3.8) is 0 Å². The van der Waals surface area contributed by atoms with Crippen molar-refractivity contribution in [3.05, 3.63) is 29.4 Å². The van der Waals surface area contributed by atoms with Crippen LogP contribution in [0.1, 0.15) is 24.3 Å². The Balaban J connectivity index is 1.37. The average molecular weight is 378 g/mol. The van der Waals surface area contributed by atoms with Crippen LogP contribution in [0.15, 0.2) is 28.7 Å². The largest absolute Gasteiger partial charge is 0.356 e. The number of anilines is 1. The lowest BCUT2D eigenvalue weighted by atomic mass is 9.97. The molecule has 134 valence electrons. The van der Waals surface area contributed by atoms with E-state index < -0.39 is 0 Å². The molecule has 8 heteroatoms. The van der Waals surface area contributed by atoms with Gasteiger partial charge in [0.15, 0.2) is 4.34 Å². The summed E-state index contributed by atoms with van der Waals surface area (Å²) in [5.74, 6) is 2.12. The van der Waals surface area contributed by atoms with Crippen molar-refractivity contribution in [3.8, 4) is 0 Å². The number of amides is 1. The molecule has 0 spiro atoms. The maximum Gasteiger partial charge on any atom is 0.224 e. The molecule has 1 saturated heterocycles. The zero-order valence-electron chi connectivity index (χ0n) is 14.4. The normalized spacial score (nSPS) is 17.5. The third kappa shape index (κ3) is 5.40. The van der Waals surface area contributed by atoms with E-state index in [1.54, 1.807) is 29.3 Å². The lowest BCUT2D eigenvalue weighted by molar-refractivity contribution is -0.125. The van der Waals surface area contributed by atoms with Crippen LogP contribution < -0.4 is 10.2 Å². The molecule has 1 aliphatic heterocycles. The second kappa shape index (κ2) is 9.15. The van der Waals surface area contributed by atoms with Crippen LogP contribution >= 0.6 is 23.1 Å². The fourth-order valence-electron chi connectivity index (χ4n) is 2.86. The smallest absolute Gasteiger partial charge is 0.224 e. The van der Waals surface area contributed by atoms with Crippen molar-refractivity contribution in [1.82, 2.24) is 20.5 Å². The quantitative estimate of drug-likeness (QED) is 0.591. The van der Waals surface area contributed by atoms with Gasteiger partial charge in [-0.1, -0.05) is 29.2 Å². The molecular weight excluding hydrogens is 354 g/mol. The maximum absolute atomic E-state index is 12.4. The number of nitrogens with one attached hydrogen (secondary N) is 1. The highest BCUT2D eigenvalue weighted by Gasteiger charge is 2.26. The second-order valence-corrected chi connectivity index (χ2v) is 8.58. The SMILES string of the molecule is Cc1nnc(SCCCNC(=O)[C@@H]2CCCN(c3ccccn3)C2)s1. The Labute approximate surface area is 156 Å². The Hall–Kier alpha value is -1.67. The molecule has 1 atom stereocenters. The van der Waals surface area contributed by atoms with Gasteiger partial charge in [0.05, 0.1) is 5.92 Å². The molecule has 2 aromatic heterocycles. The van der Waals surface area contributed by atoms with Crippen LogP contribution in [-0.4, -0.2) is 46.5 Å². The first-order valence-corrected chi connectivity index (χ1v) is 10.4. The van der Waals surface area contributed by atoms with Crippen LogP contribution in [-0.2, 0) is 4.79 Å². The molecule has 3 rings (SSSR count). The zero-order valence-corrected chi connectivity index (χ0v) is 16.0. The van der Waals surface area contributed by atoms with Gasteiger partial charge in [-0.2, -0.15) is 0 Å². The summed E-state index contributed by atoms with van der Waals surface area (Å²) in [6.07, 6.45) is 4.72. The van der Waals surface area contributed by atoms with Crippen LogP contribution in [0.5, 0.6) is 0 Å². The van der Waals surface area contributed by atoms with Crippen molar-refractivity contribution < 1.29 is 4.79 Å². The first kappa shape index (κ1) is 18.1. The standard InChI is InChI=1S/C17H23N5OS2/c1-13-20-21-17(25-13)24-11-5-9-19-16(23)14-6-4-10-22(12-14)15-7-2-3-8-18-15/h2-3,7-8,14H,4-6,9-12H2,1H3,(H,19,23)/t14-/m1/s1.